The van der Waals surface area contributed by atoms with E-state index in [0.29, 0.717) is 0 Å². The third-order valence-electron chi connectivity index (χ3n) is 7.84. The van der Waals surface area contributed by atoms with E-state index in [1.807, 2.05) is 0 Å². The van der Waals surface area contributed by atoms with Gasteiger partial charge in [-0.2, -0.15) is 0 Å². The van der Waals surface area contributed by atoms with Gasteiger partial charge in [0.2, 0.25) is 0 Å². The van der Waals surface area contributed by atoms with Crippen molar-refractivity contribution in [2.24, 2.45) is 0 Å². The molecule has 4 heteroatoms. The first-order chi connectivity index (χ1) is 19.2. The molecule has 0 atom stereocenters. The quantitative estimate of drug-likeness (QED) is 0.171. The van der Waals surface area contributed by atoms with Crippen LogP contribution in [0.3, 0.4) is 0 Å². The Morgan fingerprint density at radius 3 is 1.79 bits per heavy atom. The highest BCUT2D eigenvalue weighted by atomic mass is 32.4. The molecule has 184 valence electrons. The monoisotopic (exact) mass is 534 g/mol. The molecule has 0 saturated heterocycles. The number of para-hydroxylation sites is 3. The zero-order chi connectivity index (χ0) is 26.0. The van der Waals surface area contributed by atoms with Gasteiger partial charge in [-0.05, 0) is 45.0 Å². The van der Waals surface area contributed by atoms with Gasteiger partial charge in [0.25, 0.3) is 0 Å². The number of nitrogens with zero attached hydrogens (tertiary/aromatic N) is 2. The molecule has 0 aliphatic carbocycles. The zero-order valence-electron chi connectivity index (χ0n) is 21.0. The minimum atomic E-state index is -2.33. The number of imidazole rings is 1. The number of rotatable bonds is 3. The van der Waals surface area contributed by atoms with Gasteiger partial charge in [-0.1, -0.05) is 133 Å². The van der Waals surface area contributed by atoms with Gasteiger partial charge in [-0.3, -0.25) is 4.40 Å². The second kappa shape index (κ2) is 8.61. The summed E-state index contributed by atoms with van der Waals surface area (Å²) in [4.78, 5) is 5.20. The Morgan fingerprint density at radius 2 is 1.05 bits per heavy atom. The molecule has 0 fully saturated rings. The van der Waals surface area contributed by atoms with Crippen molar-refractivity contribution >= 4 is 82.9 Å². The van der Waals surface area contributed by atoms with Crippen molar-refractivity contribution in [2.45, 2.75) is 0 Å². The summed E-state index contributed by atoms with van der Waals surface area (Å²) in [5.74, 6) is 0. The summed E-state index contributed by atoms with van der Waals surface area (Å²) < 4.78 is 2.32. The lowest BCUT2D eigenvalue weighted by Crippen LogP contribution is -2.25. The second-order valence-corrected chi connectivity index (χ2v) is 14.3. The van der Waals surface area contributed by atoms with Crippen molar-refractivity contribution in [3.05, 3.63) is 140 Å². The molecule has 8 rings (SSSR count). The maximum Gasteiger partial charge on any atom is 0.147 e. The molecule has 0 spiro atoms. The van der Waals surface area contributed by atoms with Gasteiger partial charge in [-0.25, -0.2) is 4.98 Å². The van der Waals surface area contributed by atoms with Crippen molar-refractivity contribution in [1.82, 2.24) is 9.38 Å². The highest BCUT2D eigenvalue weighted by molar-refractivity contribution is 8.25. The fraction of sp³-hybridized carbons (Fsp3) is 0. The van der Waals surface area contributed by atoms with E-state index in [0.717, 1.165) is 16.7 Å². The van der Waals surface area contributed by atoms with Gasteiger partial charge < -0.3 is 0 Å². The summed E-state index contributed by atoms with van der Waals surface area (Å²) in [5, 5.41) is 9.63. The van der Waals surface area contributed by atoms with E-state index >= 15 is 0 Å². The Labute approximate surface area is 231 Å². The van der Waals surface area contributed by atoms with Gasteiger partial charge in [-0.15, -0.1) is 0 Å². The predicted octanol–water partition coefficient (Wildman–Crippen LogP) is 7.70. The first-order valence-electron chi connectivity index (χ1n) is 13.1. The Kier molecular flexibility index (Phi) is 5.00. The number of aromatic nitrogens is 2. The van der Waals surface area contributed by atoms with E-state index in [9.17, 15) is 0 Å². The van der Waals surface area contributed by atoms with Crippen LogP contribution in [-0.4, -0.2) is 9.38 Å². The van der Waals surface area contributed by atoms with Crippen molar-refractivity contribution in [3.63, 3.8) is 0 Å². The lowest BCUT2D eigenvalue weighted by Gasteiger charge is -2.26. The van der Waals surface area contributed by atoms with Crippen LogP contribution in [-0.2, 0) is 11.8 Å². The van der Waals surface area contributed by atoms with Crippen LogP contribution < -0.4 is 15.9 Å². The molecule has 8 aromatic rings. The summed E-state index contributed by atoms with van der Waals surface area (Å²) in [6.07, 6.45) is 0. The Hall–Kier alpha value is -4.30. The molecule has 2 aromatic heterocycles. The van der Waals surface area contributed by atoms with E-state index in [-0.39, 0.29) is 0 Å². The molecular weight excluding hydrogens is 511 g/mol. The maximum absolute atomic E-state index is 6.77. The van der Waals surface area contributed by atoms with Crippen LogP contribution in [0.25, 0.3) is 49.1 Å². The van der Waals surface area contributed by atoms with Gasteiger partial charge in [0.05, 0.1) is 16.6 Å². The summed E-state index contributed by atoms with van der Waals surface area (Å²) in [6.45, 7) is 0. The number of hydrogen-bond acceptors (Lipinski definition) is 2. The average Bonchev–Trinajstić information content (AvgIpc) is 3.41. The fourth-order valence-corrected chi connectivity index (χ4v) is 10.2. The smallest absolute Gasteiger partial charge is 0.147 e. The van der Waals surface area contributed by atoms with E-state index in [2.05, 4.69) is 144 Å². The van der Waals surface area contributed by atoms with E-state index in [4.69, 9.17) is 16.8 Å². The van der Waals surface area contributed by atoms with Crippen molar-refractivity contribution in [3.8, 4) is 0 Å². The first-order valence-corrected chi connectivity index (χ1v) is 15.9. The van der Waals surface area contributed by atoms with Crippen LogP contribution in [0.1, 0.15) is 0 Å². The number of benzene rings is 6. The zero-order valence-corrected chi connectivity index (χ0v) is 22.7. The molecule has 0 aliphatic heterocycles. The van der Waals surface area contributed by atoms with Crippen LogP contribution in [0.4, 0.5) is 0 Å². The number of pyridine rings is 1. The average molecular weight is 535 g/mol. The molecule has 0 N–H and O–H groups in total. The highest BCUT2D eigenvalue weighted by Gasteiger charge is 2.27. The molecule has 0 saturated carbocycles. The lowest BCUT2D eigenvalue weighted by molar-refractivity contribution is 1.32. The number of fused-ring (bicyclic) bond motifs is 10. The van der Waals surface area contributed by atoms with Crippen LogP contribution >= 0.6 is 6.04 Å². The molecule has 0 radical (unpaired) electrons. The molecule has 2 nitrogen and oxygen atoms in total. The molecule has 39 heavy (non-hydrogen) atoms. The van der Waals surface area contributed by atoms with E-state index in [1.54, 1.807) is 0 Å². The minimum absolute atomic E-state index is 0.986. The molecular formula is C35H23N2PS. The van der Waals surface area contributed by atoms with Crippen LogP contribution in [0, 0.1) is 0 Å². The topological polar surface area (TPSA) is 17.3 Å². The maximum atomic E-state index is 6.77. The molecule has 0 aliphatic rings. The molecule has 0 amide bonds. The highest BCUT2D eigenvalue weighted by Crippen LogP contribution is 2.46. The summed E-state index contributed by atoms with van der Waals surface area (Å²) in [6, 6.07) is 47.3. The van der Waals surface area contributed by atoms with Gasteiger partial charge in [0.15, 0.2) is 0 Å². The van der Waals surface area contributed by atoms with Crippen LogP contribution in [0.15, 0.2) is 140 Å². The van der Waals surface area contributed by atoms with Gasteiger partial charge in [0.1, 0.15) is 5.65 Å². The molecule has 0 bridgehead atoms. The van der Waals surface area contributed by atoms with Crippen molar-refractivity contribution in [2.75, 3.05) is 0 Å². The van der Waals surface area contributed by atoms with Crippen LogP contribution in [0.5, 0.6) is 0 Å². The number of hydrogen-bond donors (Lipinski definition) is 0. The van der Waals surface area contributed by atoms with Crippen molar-refractivity contribution < 1.29 is 0 Å². The third-order valence-corrected chi connectivity index (χ3v) is 12.8. The van der Waals surface area contributed by atoms with E-state index < -0.39 is 6.04 Å². The normalized spacial score (nSPS) is 12.2. The summed E-state index contributed by atoms with van der Waals surface area (Å²) in [7, 11) is 0. The molecule has 6 aromatic carbocycles. The second-order valence-electron chi connectivity index (χ2n) is 9.92. The third kappa shape index (κ3) is 3.21. The molecule has 2 heterocycles. The van der Waals surface area contributed by atoms with Gasteiger partial charge >= 0.3 is 0 Å². The summed E-state index contributed by atoms with van der Waals surface area (Å²) in [5.41, 5.74) is 4.28. The Bertz CT molecular complexity index is 2210. The fourth-order valence-electron chi connectivity index (χ4n) is 6.12. The predicted molar refractivity (Wildman–Crippen MR) is 171 cm³/mol. The standard InChI is InChI=1S/C35H23N2PS/c39-38(24-12-3-1-4-13-24,25-14-5-2-6-15-25)33-21-11-17-28-27(33)22-23-29-26-16-7-9-19-31(26)37-32-20-10-8-18-30(32)36-35(37)34(28)29/h1-23H. The Balaban J connectivity index is 1.57. The Morgan fingerprint density at radius 1 is 0.487 bits per heavy atom. The van der Waals surface area contributed by atoms with Crippen LogP contribution in [0.2, 0.25) is 0 Å². The molecule has 0 unspecified atom stereocenters. The summed E-state index contributed by atoms with van der Waals surface area (Å²) >= 11 is 6.77. The van der Waals surface area contributed by atoms with E-state index in [1.165, 1.54) is 48.4 Å². The first kappa shape index (κ1) is 22.7. The van der Waals surface area contributed by atoms with Crippen molar-refractivity contribution in [1.29, 1.82) is 0 Å². The minimum Gasteiger partial charge on any atom is -0.292 e. The lowest BCUT2D eigenvalue weighted by atomic mass is 9.99. The largest absolute Gasteiger partial charge is 0.292 e. The van der Waals surface area contributed by atoms with Gasteiger partial charge in [0, 0.05) is 22.1 Å². The SMILES string of the molecule is S=P(c1ccccc1)(c1ccccc1)c1cccc2c1ccc1c3ccccc3n3c4ccccc4nc3c21.